The lowest BCUT2D eigenvalue weighted by Crippen LogP contribution is -2.20. The summed E-state index contributed by atoms with van der Waals surface area (Å²) < 4.78 is 34.9. The number of aromatic nitrogens is 1. The Morgan fingerprint density at radius 2 is 2.22 bits per heavy atom. The lowest BCUT2D eigenvalue weighted by Gasteiger charge is -2.16. The maximum atomic E-state index is 12.8. The number of rotatable bonds is 11. The number of aliphatic imine (C=N–C) groups is 2. The number of thiazole rings is 1. The second-order valence-electron chi connectivity index (χ2n) is 6.89. The Labute approximate surface area is 192 Å². The van der Waals surface area contributed by atoms with Gasteiger partial charge in [0.25, 0.3) is 0 Å². The summed E-state index contributed by atoms with van der Waals surface area (Å²) in [6.45, 7) is 9.69. The molecule has 0 saturated carbocycles. The van der Waals surface area contributed by atoms with Crippen LogP contribution in [-0.2, 0) is 29.2 Å². The van der Waals surface area contributed by atoms with E-state index in [1.165, 1.54) is 17.7 Å². The topological polar surface area (TPSA) is 104 Å². The molecule has 1 saturated heterocycles. The summed E-state index contributed by atoms with van der Waals surface area (Å²) >= 11 is 1.39. The first-order valence-electron chi connectivity index (χ1n) is 10.5. The number of nitrogens with zero attached hydrogens (tertiary/aromatic N) is 3. The highest BCUT2D eigenvalue weighted by Crippen LogP contribution is 2.51. The average molecular weight is 481 g/mol. The molecule has 0 aliphatic carbocycles. The van der Waals surface area contributed by atoms with E-state index in [9.17, 15) is 4.57 Å². The van der Waals surface area contributed by atoms with Gasteiger partial charge in [0.15, 0.2) is 5.13 Å². The fourth-order valence-corrected chi connectivity index (χ4v) is 5.52. The Balaban J connectivity index is 1.71. The molecule has 11 heteroatoms. The molecule has 2 aliphatic rings. The summed E-state index contributed by atoms with van der Waals surface area (Å²) in [6, 6.07) is 0. The smallest absolute Gasteiger partial charge is 0.336 e. The number of hydrogen-bond acceptors (Lipinski definition) is 10. The van der Waals surface area contributed by atoms with Crippen molar-refractivity contribution in [2.45, 2.75) is 32.5 Å². The third-order valence-corrected chi connectivity index (χ3v) is 7.23. The van der Waals surface area contributed by atoms with Gasteiger partial charge < -0.3 is 23.8 Å². The molecular weight excluding hydrogens is 451 g/mol. The highest BCUT2D eigenvalue weighted by atomic mass is 32.1. The van der Waals surface area contributed by atoms with Gasteiger partial charge in [-0.05, 0) is 26.0 Å². The summed E-state index contributed by atoms with van der Waals surface area (Å²) in [5.41, 5.74) is 1.49. The highest BCUT2D eigenvalue weighted by molar-refractivity contribution is 7.53. The van der Waals surface area contributed by atoms with Gasteiger partial charge in [-0.25, -0.2) is 9.98 Å². The summed E-state index contributed by atoms with van der Waals surface area (Å²) in [6.07, 6.45) is 7.88. The first kappa shape index (κ1) is 24.5. The van der Waals surface area contributed by atoms with Gasteiger partial charge in [-0.2, -0.15) is 0 Å². The number of amidine groups is 1. The first-order valence-corrected chi connectivity index (χ1v) is 13.1. The molecule has 1 fully saturated rings. The van der Waals surface area contributed by atoms with Gasteiger partial charge in [0.05, 0.1) is 44.8 Å². The fraction of sp³-hybridized carbons (Fsp3) is 0.476. The van der Waals surface area contributed by atoms with E-state index >= 15 is 0 Å². The summed E-state index contributed by atoms with van der Waals surface area (Å²) in [7, 11) is -3.21. The Hall–Kier alpha value is -2.10. The van der Waals surface area contributed by atoms with E-state index in [1.54, 1.807) is 19.9 Å². The van der Waals surface area contributed by atoms with E-state index in [-0.39, 0.29) is 12.3 Å². The van der Waals surface area contributed by atoms with Crippen molar-refractivity contribution in [3.8, 4) is 0 Å². The molecule has 0 spiro atoms. The number of allylic oxidation sites excluding steroid dienone is 3. The number of nitrogens with one attached hydrogen (secondary N) is 1. The molecule has 1 aromatic heterocycles. The van der Waals surface area contributed by atoms with Gasteiger partial charge in [0, 0.05) is 17.4 Å². The molecule has 3 rings (SSSR count). The zero-order valence-corrected chi connectivity index (χ0v) is 20.1. The SMILES string of the molecule is C=C/C=C(\C=C1/CN=CN=C1Nc1nc(CP(=O)(OCC)OCC)cs1)O[C@H]1CCOC1. The molecule has 174 valence electrons. The molecule has 0 radical (unpaired) electrons. The third kappa shape index (κ3) is 7.21. The van der Waals surface area contributed by atoms with Crippen molar-refractivity contribution in [3.63, 3.8) is 0 Å². The van der Waals surface area contributed by atoms with Crippen LogP contribution in [0.1, 0.15) is 26.0 Å². The Morgan fingerprint density at radius 3 is 2.91 bits per heavy atom. The van der Waals surface area contributed by atoms with Crippen LogP contribution in [0.25, 0.3) is 0 Å². The molecule has 32 heavy (non-hydrogen) atoms. The predicted molar refractivity (Wildman–Crippen MR) is 128 cm³/mol. The van der Waals surface area contributed by atoms with Crippen LogP contribution < -0.4 is 5.32 Å². The molecule has 3 heterocycles. The van der Waals surface area contributed by atoms with E-state index < -0.39 is 7.60 Å². The lowest BCUT2D eigenvalue weighted by atomic mass is 10.2. The lowest BCUT2D eigenvalue weighted by molar-refractivity contribution is 0.0980. The number of anilines is 1. The Kier molecular flexibility index (Phi) is 9.37. The zero-order valence-electron chi connectivity index (χ0n) is 18.4. The first-order chi connectivity index (χ1) is 15.5. The molecule has 0 aromatic carbocycles. The molecule has 0 unspecified atom stereocenters. The van der Waals surface area contributed by atoms with Crippen molar-refractivity contribution in [1.29, 1.82) is 0 Å². The standard InChI is InChI=1S/C21H29N4O5PS/c1-4-7-18(30-19-8-9-27-12-19)10-16-11-22-15-23-20(16)25-21-24-17(14-32-21)13-31(26,28-5-2)29-6-3/h4,7,10,14-15,19H,1,5-6,8-9,11-13H2,2-3H3,(H,22,23,24,25)/b16-10+,18-7+/t19-/m0/s1. The monoisotopic (exact) mass is 480 g/mol. The molecule has 1 aromatic rings. The van der Waals surface area contributed by atoms with Crippen LogP contribution in [0.5, 0.6) is 0 Å². The fourth-order valence-electron chi connectivity index (χ4n) is 3.09. The van der Waals surface area contributed by atoms with Gasteiger partial charge in [0.1, 0.15) is 24.0 Å². The van der Waals surface area contributed by atoms with Crippen LogP contribution in [0.4, 0.5) is 5.13 Å². The molecule has 1 N–H and O–H groups in total. The molecule has 1 atom stereocenters. The van der Waals surface area contributed by atoms with Gasteiger partial charge in [-0.1, -0.05) is 12.7 Å². The van der Waals surface area contributed by atoms with Crippen LogP contribution in [0.2, 0.25) is 0 Å². The van der Waals surface area contributed by atoms with Gasteiger partial charge >= 0.3 is 7.60 Å². The van der Waals surface area contributed by atoms with Crippen LogP contribution in [0.15, 0.2) is 51.5 Å². The third-order valence-electron chi connectivity index (χ3n) is 4.41. The molecular formula is C21H29N4O5PS. The van der Waals surface area contributed by atoms with Crippen LogP contribution in [0.3, 0.4) is 0 Å². The van der Waals surface area contributed by atoms with Crippen molar-refractivity contribution in [2.24, 2.45) is 9.98 Å². The van der Waals surface area contributed by atoms with Gasteiger partial charge in [0.2, 0.25) is 0 Å². The maximum Gasteiger partial charge on any atom is 0.336 e. The average Bonchev–Trinajstić information content (AvgIpc) is 3.42. The predicted octanol–water partition coefficient (Wildman–Crippen LogP) is 4.56. The number of hydrogen-bond donors (Lipinski definition) is 1. The minimum Gasteiger partial charge on any atom is -0.488 e. The van der Waals surface area contributed by atoms with E-state index in [2.05, 4.69) is 26.9 Å². The van der Waals surface area contributed by atoms with E-state index in [4.69, 9.17) is 18.5 Å². The molecule has 9 nitrogen and oxygen atoms in total. The number of ether oxygens (including phenoxy) is 2. The normalized spacial score (nSPS) is 20.4. The van der Waals surface area contributed by atoms with Crippen molar-refractivity contribution in [2.75, 3.05) is 38.3 Å². The summed E-state index contributed by atoms with van der Waals surface area (Å²) in [5, 5.41) is 5.69. The second kappa shape index (κ2) is 12.2. The summed E-state index contributed by atoms with van der Waals surface area (Å²) in [4.78, 5) is 13.1. The molecule has 0 amide bonds. The second-order valence-corrected chi connectivity index (χ2v) is 9.80. The minimum atomic E-state index is -3.21. The highest BCUT2D eigenvalue weighted by Gasteiger charge is 2.26. The van der Waals surface area contributed by atoms with Gasteiger partial charge in [-0.15, -0.1) is 11.3 Å². The van der Waals surface area contributed by atoms with Crippen molar-refractivity contribution in [3.05, 3.63) is 47.2 Å². The van der Waals surface area contributed by atoms with Crippen molar-refractivity contribution >= 4 is 36.2 Å². The van der Waals surface area contributed by atoms with E-state index in [0.717, 1.165) is 12.0 Å². The van der Waals surface area contributed by atoms with Crippen LogP contribution in [0, 0.1) is 0 Å². The van der Waals surface area contributed by atoms with E-state index in [0.29, 0.717) is 55.4 Å². The molecule has 0 bridgehead atoms. The molecule has 2 aliphatic heterocycles. The van der Waals surface area contributed by atoms with Crippen molar-refractivity contribution < 1.29 is 23.1 Å². The zero-order chi connectivity index (χ0) is 22.8. The van der Waals surface area contributed by atoms with Crippen molar-refractivity contribution in [1.82, 2.24) is 4.98 Å². The Morgan fingerprint density at radius 1 is 1.41 bits per heavy atom. The van der Waals surface area contributed by atoms with Crippen LogP contribution >= 0.6 is 18.9 Å². The van der Waals surface area contributed by atoms with E-state index in [1.807, 2.05) is 17.5 Å². The van der Waals surface area contributed by atoms with Crippen LogP contribution in [-0.4, -0.2) is 56.2 Å². The largest absolute Gasteiger partial charge is 0.488 e. The quantitative estimate of drug-likeness (QED) is 0.281. The summed E-state index contributed by atoms with van der Waals surface area (Å²) in [5.74, 6) is 1.30. The minimum absolute atomic E-state index is 0.0198. The maximum absolute atomic E-state index is 12.8. The Bertz CT molecular complexity index is 940. The van der Waals surface area contributed by atoms with Gasteiger partial charge in [-0.3, -0.25) is 9.56 Å².